The third-order valence-corrected chi connectivity index (χ3v) is 6.61. The van der Waals surface area contributed by atoms with Crippen molar-refractivity contribution < 1.29 is 18.8 Å². The van der Waals surface area contributed by atoms with Gasteiger partial charge in [0.15, 0.2) is 11.7 Å². The number of hydrogen-bond donors (Lipinski definition) is 0. The van der Waals surface area contributed by atoms with E-state index in [2.05, 4.69) is 19.7 Å². The molecule has 3 aromatic rings. The van der Waals surface area contributed by atoms with Crippen molar-refractivity contribution >= 4 is 17.8 Å². The molecule has 35 heavy (non-hydrogen) atoms. The summed E-state index contributed by atoms with van der Waals surface area (Å²) >= 11 is 6.33. The smallest absolute Gasteiger partial charge is 0.448 e. The normalized spacial score (nSPS) is 20.6. The predicted octanol–water partition coefficient (Wildman–Crippen LogP) is 5.84. The summed E-state index contributed by atoms with van der Waals surface area (Å²) in [4.78, 5) is 22.4. The number of nitrogens with zero attached hydrogens (tertiary/aromatic N) is 5. The molecule has 5 rings (SSSR count). The topological polar surface area (TPSA) is 95.5 Å². The van der Waals surface area contributed by atoms with Gasteiger partial charge in [0.05, 0.1) is 24.5 Å². The summed E-state index contributed by atoms with van der Waals surface area (Å²) < 4.78 is 13.1. The van der Waals surface area contributed by atoms with E-state index >= 15 is 0 Å². The zero-order valence-corrected chi connectivity index (χ0v) is 21.2. The highest BCUT2D eigenvalue weighted by atomic mass is 35.5. The molecule has 1 aliphatic heterocycles. The molecule has 0 bridgehead atoms. The van der Waals surface area contributed by atoms with Crippen LogP contribution in [0.4, 0.5) is 4.79 Å². The first-order valence-electron chi connectivity index (χ1n) is 12.0. The highest BCUT2D eigenvalue weighted by Crippen LogP contribution is 2.41. The van der Waals surface area contributed by atoms with Gasteiger partial charge in [-0.05, 0) is 77.1 Å². The Labute approximate surface area is 209 Å². The van der Waals surface area contributed by atoms with Crippen molar-refractivity contribution in [1.29, 1.82) is 0 Å². The van der Waals surface area contributed by atoms with Crippen LogP contribution in [0.2, 0.25) is 5.02 Å². The van der Waals surface area contributed by atoms with E-state index in [1.807, 2.05) is 25.1 Å². The summed E-state index contributed by atoms with van der Waals surface area (Å²) in [5.74, 6) is 3.04. The number of hydrogen-bond acceptors (Lipinski definition) is 8. The van der Waals surface area contributed by atoms with Crippen LogP contribution in [-0.4, -0.2) is 36.6 Å². The first-order chi connectivity index (χ1) is 16.7. The average molecular weight is 500 g/mol. The van der Waals surface area contributed by atoms with Gasteiger partial charge in [-0.1, -0.05) is 11.6 Å². The van der Waals surface area contributed by atoms with Crippen LogP contribution < -0.4 is 0 Å². The summed E-state index contributed by atoms with van der Waals surface area (Å²) in [6.07, 6.45) is 4.85. The SMILES string of the molecule is Cc1coc([C@H]2CC[C@H](c3nnc4n3-c3ccc(Cl)cc3CN(OC(=O)OC(C)(C)C)C4)CC2)n1. The zero-order chi connectivity index (χ0) is 24.7. The average Bonchev–Trinajstić information content (AvgIpc) is 3.36. The van der Waals surface area contributed by atoms with Crippen LogP contribution in [-0.2, 0) is 22.7 Å². The molecule has 0 atom stereocenters. The second-order valence-corrected chi connectivity index (χ2v) is 10.7. The van der Waals surface area contributed by atoms with Crippen molar-refractivity contribution in [3.05, 3.63) is 58.3 Å². The van der Waals surface area contributed by atoms with Gasteiger partial charge < -0.3 is 14.0 Å². The Hall–Kier alpha value is -2.91. The molecule has 10 heteroatoms. The number of aryl methyl sites for hydroxylation is 1. The Balaban J connectivity index is 1.40. The van der Waals surface area contributed by atoms with Gasteiger partial charge in [0.1, 0.15) is 17.7 Å². The molecule has 0 saturated heterocycles. The molecule has 0 spiro atoms. The summed E-state index contributed by atoms with van der Waals surface area (Å²) in [5, 5.41) is 11.3. The molecule has 2 aromatic heterocycles. The number of ether oxygens (including phenoxy) is 1. The third kappa shape index (κ3) is 5.21. The van der Waals surface area contributed by atoms with Gasteiger partial charge in [-0.15, -0.1) is 15.3 Å². The summed E-state index contributed by atoms with van der Waals surface area (Å²) in [6, 6.07) is 5.73. The number of benzene rings is 1. The molecule has 1 saturated carbocycles. The number of oxazole rings is 1. The van der Waals surface area contributed by atoms with Crippen molar-refractivity contribution in [3.8, 4) is 5.69 Å². The Morgan fingerprint density at radius 1 is 1.11 bits per heavy atom. The minimum Gasteiger partial charge on any atom is -0.448 e. The van der Waals surface area contributed by atoms with Crippen LogP contribution in [0.5, 0.6) is 0 Å². The van der Waals surface area contributed by atoms with Crippen LogP contribution in [0.25, 0.3) is 5.69 Å². The molecule has 0 amide bonds. The maximum atomic E-state index is 12.4. The number of fused-ring (bicyclic) bond motifs is 3. The predicted molar refractivity (Wildman–Crippen MR) is 128 cm³/mol. The van der Waals surface area contributed by atoms with E-state index in [-0.39, 0.29) is 12.5 Å². The van der Waals surface area contributed by atoms with E-state index in [1.165, 1.54) is 0 Å². The van der Waals surface area contributed by atoms with Gasteiger partial charge in [0.2, 0.25) is 0 Å². The number of hydroxylamine groups is 2. The van der Waals surface area contributed by atoms with Crippen LogP contribution in [0.3, 0.4) is 0 Å². The molecule has 186 valence electrons. The van der Waals surface area contributed by atoms with Gasteiger partial charge in [-0.25, -0.2) is 9.78 Å². The summed E-state index contributed by atoms with van der Waals surface area (Å²) in [6.45, 7) is 7.98. The fourth-order valence-electron chi connectivity index (χ4n) is 4.86. The van der Waals surface area contributed by atoms with Gasteiger partial charge in [-0.2, -0.15) is 0 Å². The molecule has 0 unspecified atom stereocenters. The number of aromatic nitrogens is 4. The Morgan fingerprint density at radius 3 is 2.54 bits per heavy atom. The Bertz CT molecular complexity index is 1220. The lowest BCUT2D eigenvalue weighted by Crippen LogP contribution is -2.31. The molecule has 1 fully saturated rings. The number of rotatable bonds is 3. The molecule has 9 nitrogen and oxygen atoms in total. The first kappa shape index (κ1) is 23.8. The van der Waals surface area contributed by atoms with Crippen molar-refractivity contribution in [2.45, 2.75) is 83.9 Å². The first-order valence-corrected chi connectivity index (χ1v) is 12.3. The maximum Gasteiger partial charge on any atom is 0.528 e. The number of carbonyl (C=O) groups is 1. The minimum atomic E-state index is -0.755. The van der Waals surface area contributed by atoms with E-state index in [1.54, 1.807) is 32.1 Å². The monoisotopic (exact) mass is 499 g/mol. The van der Waals surface area contributed by atoms with E-state index < -0.39 is 11.8 Å². The van der Waals surface area contributed by atoms with Crippen LogP contribution in [0.1, 0.15) is 87.1 Å². The van der Waals surface area contributed by atoms with Crippen LogP contribution >= 0.6 is 11.6 Å². The summed E-state index contributed by atoms with van der Waals surface area (Å²) in [7, 11) is 0. The van der Waals surface area contributed by atoms with Gasteiger partial charge in [-0.3, -0.25) is 4.57 Å². The van der Waals surface area contributed by atoms with Crippen molar-refractivity contribution in [3.63, 3.8) is 0 Å². The maximum absolute atomic E-state index is 12.4. The molecule has 1 aliphatic carbocycles. The quantitative estimate of drug-likeness (QED) is 0.414. The standard InChI is InChI=1S/C25H30ClN5O4/c1-15-14-33-23(27-15)17-7-5-16(6-8-17)22-29-28-21-13-30(35-24(32)34-25(2,3)4)12-18-11-19(26)9-10-20(18)31(21)22/h9-11,14,16-17H,5-8,12-13H2,1-4H3/t16-,17-. The van der Waals surface area contributed by atoms with Gasteiger partial charge in [0.25, 0.3) is 0 Å². The van der Waals surface area contributed by atoms with E-state index in [4.69, 9.17) is 25.6 Å². The Morgan fingerprint density at radius 2 is 1.86 bits per heavy atom. The van der Waals surface area contributed by atoms with E-state index in [0.717, 1.165) is 54.3 Å². The number of halogens is 1. The molecule has 0 radical (unpaired) electrons. The fourth-order valence-corrected chi connectivity index (χ4v) is 5.05. The largest absolute Gasteiger partial charge is 0.528 e. The lowest BCUT2D eigenvalue weighted by molar-refractivity contribution is -0.155. The van der Waals surface area contributed by atoms with Crippen molar-refractivity contribution in [2.24, 2.45) is 0 Å². The zero-order valence-electron chi connectivity index (χ0n) is 20.5. The molecule has 2 aliphatic rings. The molecule has 3 heterocycles. The van der Waals surface area contributed by atoms with Crippen LogP contribution in [0.15, 0.2) is 28.9 Å². The summed E-state index contributed by atoms with van der Waals surface area (Å²) in [5.41, 5.74) is 2.13. The second kappa shape index (κ2) is 9.28. The third-order valence-electron chi connectivity index (χ3n) is 6.37. The highest BCUT2D eigenvalue weighted by Gasteiger charge is 2.33. The van der Waals surface area contributed by atoms with E-state index in [0.29, 0.717) is 23.3 Å². The molecule has 1 aromatic carbocycles. The highest BCUT2D eigenvalue weighted by molar-refractivity contribution is 6.30. The Kier molecular flexibility index (Phi) is 6.31. The fraction of sp³-hybridized carbons (Fsp3) is 0.520. The lowest BCUT2D eigenvalue weighted by Gasteiger charge is -2.26. The molecular formula is C25H30ClN5O4. The lowest BCUT2D eigenvalue weighted by atomic mass is 9.81. The molecule has 0 N–H and O–H groups in total. The van der Waals surface area contributed by atoms with Crippen molar-refractivity contribution in [1.82, 2.24) is 24.8 Å². The van der Waals surface area contributed by atoms with Crippen LogP contribution in [0, 0.1) is 6.92 Å². The number of carbonyl (C=O) groups excluding carboxylic acids is 1. The van der Waals surface area contributed by atoms with Crippen molar-refractivity contribution in [2.75, 3.05) is 0 Å². The van der Waals surface area contributed by atoms with E-state index in [9.17, 15) is 4.79 Å². The second-order valence-electron chi connectivity index (χ2n) is 10.3. The molecular weight excluding hydrogens is 470 g/mol. The van der Waals surface area contributed by atoms with Gasteiger partial charge >= 0.3 is 6.16 Å². The minimum absolute atomic E-state index is 0.255. The van der Waals surface area contributed by atoms with Gasteiger partial charge in [0, 0.05) is 16.9 Å².